The van der Waals surface area contributed by atoms with Crippen molar-refractivity contribution in [2.24, 2.45) is 17.8 Å². The van der Waals surface area contributed by atoms with Gasteiger partial charge < -0.3 is 4.74 Å². The average molecular weight is 562 g/mol. The highest BCUT2D eigenvalue weighted by atomic mass is 19.4. The Hall–Kier alpha value is -2.32. The number of halogens is 8. The molecule has 0 aromatic heterocycles. The van der Waals surface area contributed by atoms with Crippen LogP contribution in [0.1, 0.15) is 101 Å². The first-order chi connectivity index (χ1) is 18.5. The second-order valence-corrected chi connectivity index (χ2v) is 11.1. The van der Waals surface area contributed by atoms with E-state index in [1.165, 1.54) is 38.5 Å². The van der Waals surface area contributed by atoms with Crippen LogP contribution >= 0.6 is 0 Å². The quantitative estimate of drug-likeness (QED) is 0.177. The zero-order chi connectivity index (χ0) is 28.3. The fourth-order valence-corrected chi connectivity index (χ4v) is 6.52. The monoisotopic (exact) mass is 561 g/mol. The summed E-state index contributed by atoms with van der Waals surface area (Å²) in [5.41, 5.74) is -2.54. The van der Waals surface area contributed by atoms with Gasteiger partial charge in [-0.25, -0.2) is 22.0 Å². The normalized spacial score (nSPS) is 24.1. The highest BCUT2D eigenvalue weighted by Gasteiger charge is 2.39. The maximum absolute atomic E-state index is 15.0. The fraction of sp³-hybridized carbons (Fsp3) is 0.600. The number of alkyl halides is 3. The van der Waals surface area contributed by atoms with Crippen LogP contribution in [0.2, 0.25) is 0 Å². The third-order valence-electron chi connectivity index (χ3n) is 8.57. The van der Waals surface area contributed by atoms with E-state index in [1.54, 1.807) is 6.07 Å². The lowest BCUT2D eigenvalue weighted by Gasteiger charge is -2.38. The van der Waals surface area contributed by atoms with E-state index >= 15 is 0 Å². The standard InChI is InChI=1S/C30H33F8O/c1-2-3-4-5-17-6-8-18(9-7-17)19-10-12-20(13-11-19)26-28(35)24(33)16-25(34)29(26)39-21-14-22(31)27(23(32)15-21)30(36,37)38/h14-15,17-20H,2-13H2,1H3/t17-,18-,19-,20-. The lowest BCUT2D eigenvalue weighted by Crippen LogP contribution is -2.26. The van der Waals surface area contributed by atoms with Gasteiger partial charge in [0.15, 0.2) is 23.2 Å². The van der Waals surface area contributed by atoms with E-state index in [-0.39, 0.29) is 12.1 Å². The van der Waals surface area contributed by atoms with Crippen LogP contribution in [0.3, 0.4) is 0 Å². The molecule has 1 nitrogen and oxygen atoms in total. The summed E-state index contributed by atoms with van der Waals surface area (Å²) in [4.78, 5) is 0. The van der Waals surface area contributed by atoms with Crippen LogP contribution in [0.25, 0.3) is 0 Å². The van der Waals surface area contributed by atoms with Gasteiger partial charge in [-0.1, -0.05) is 45.4 Å². The molecule has 0 heterocycles. The topological polar surface area (TPSA) is 9.23 Å². The van der Waals surface area contributed by atoms with Gasteiger partial charge in [0.05, 0.1) is 6.07 Å². The van der Waals surface area contributed by atoms with Crippen molar-refractivity contribution in [1.29, 1.82) is 0 Å². The molecule has 2 aliphatic rings. The summed E-state index contributed by atoms with van der Waals surface area (Å²) >= 11 is 0. The number of hydrogen-bond acceptors (Lipinski definition) is 1. The molecule has 2 aromatic carbocycles. The highest BCUT2D eigenvalue weighted by Crippen LogP contribution is 2.48. The van der Waals surface area contributed by atoms with Gasteiger partial charge in [-0.05, 0) is 62.2 Å². The Balaban J connectivity index is 1.47. The van der Waals surface area contributed by atoms with Gasteiger partial charge in [0, 0.05) is 17.7 Å². The van der Waals surface area contributed by atoms with Gasteiger partial charge in [-0.3, -0.25) is 0 Å². The molecule has 2 aromatic rings. The molecule has 0 atom stereocenters. The Morgan fingerprint density at radius 3 is 1.90 bits per heavy atom. The Kier molecular flexibility index (Phi) is 9.48. The van der Waals surface area contributed by atoms with Crippen molar-refractivity contribution in [3.63, 3.8) is 0 Å². The zero-order valence-corrected chi connectivity index (χ0v) is 21.9. The second-order valence-electron chi connectivity index (χ2n) is 11.1. The summed E-state index contributed by atoms with van der Waals surface area (Å²) in [6, 6.07) is 2.04. The molecular weight excluding hydrogens is 528 g/mol. The van der Waals surface area contributed by atoms with Crippen molar-refractivity contribution in [2.75, 3.05) is 0 Å². The molecule has 0 unspecified atom stereocenters. The molecule has 39 heavy (non-hydrogen) atoms. The molecule has 2 aliphatic carbocycles. The van der Waals surface area contributed by atoms with Crippen LogP contribution in [0.4, 0.5) is 35.1 Å². The summed E-state index contributed by atoms with van der Waals surface area (Å²) < 4.78 is 116. The Bertz CT molecular complexity index is 1110. The van der Waals surface area contributed by atoms with E-state index in [1.807, 2.05) is 0 Å². The average Bonchev–Trinajstić information content (AvgIpc) is 2.87. The molecule has 0 bridgehead atoms. The SMILES string of the molecule is CCCCC[C@H]1CC[C@H]([C@H]2CC[C@H](c3c(F)c(F)[c]c(F)c3Oc3cc(F)c(C(F)(F)F)c(F)c3)CC2)CC1. The zero-order valence-electron chi connectivity index (χ0n) is 21.9. The van der Waals surface area contributed by atoms with Gasteiger partial charge in [0.2, 0.25) is 0 Å². The number of rotatable bonds is 8. The molecule has 2 saturated carbocycles. The van der Waals surface area contributed by atoms with Crippen LogP contribution in [0.5, 0.6) is 11.5 Å². The number of hydrogen-bond donors (Lipinski definition) is 0. The van der Waals surface area contributed by atoms with Crippen molar-refractivity contribution >= 4 is 0 Å². The van der Waals surface area contributed by atoms with Crippen molar-refractivity contribution < 1.29 is 39.9 Å². The van der Waals surface area contributed by atoms with Gasteiger partial charge in [-0.15, -0.1) is 0 Å². The van der Waals surface area contributed by atoms with E-state index < -0.39 is 63.8 Å². The molecule has 1 radical (unpaired) electrons. The third-order valence-corrected chi connectivity index (χ3v) is 8.57. The van der Waals surface area contributed by atoms with E-state index in [9.17, 15) is 35.1 Å². The summed E-state index contributed by atoms with van der Waals surface area (Å²) in [5.74, 6) is -8.78. The fourth-order valence-electron chi connectivity index (χ4n) is 6.52. The van der Waals surface area contributed by atoms with E-state index in [0.29, 0.717) is 24.7 Å². The minimum Gasteiger partial charge on any atom is -0.454 e. The minimum absolute atomic E-state index is 0.242. The predicted octanol–water partition coefficient (Wildman–Crippen LogP) is 10.7. The van der Waals surface area contributed by atoms with Crippen LogP contribution in [-0.4, -0.2) is 0 Å². The Labute approximate surface area is 223 Å². The van der Waals surface area contributed by atoms with Gasteiger partial charge in [0.25, 0.3) is 0 Å². The molecule has 4 rings (SSSR count). The number of ether oxygens (including phenoxy) is 1. The Morgan fingerprint density at radius 2 is 1.36 bits per heavy atom. The van der Waals surface area contributed by atoms with Gasteiger partial charge >= 0.3 is 6.18 Å². The smallest absolute Gasteiger partial charge is 0.422 e. The van der Waals surface area contributed by atoms with Crippen molar-refractivity contribution in [1.82, 2.24) is 0 Å². The molecule has 0 aliphatic heterocycles. The molecule has 2 fully saturated rings. The molecule has 215 valence electrons. The van der Waals surface area contributed by atoms with Crippen molar-refractivity contribution in [3.8, 4) is 11.5 Å². The summed E-state index contributed by atoms with van der Waals surface area (Å²) in [6.07, 6.45) is 6.73. The molecule has 0 N–H and O–H groups in total. The molecule has 0 amide bonds. The first-order valence-corrected chi connectivity index (χ1v) is 13.8. The lowest BCUT2D eigenvalue weighted by atomic mass is 9.68. The van der Waals surface area contributed by atoms with E-state index in [0.717, 1.165) is 31.6 Å². The van der Waals surface area contributed by atoms with Crippen LogP contribution in [0.15, 0.2) is 12.1 Å². The number of unbranched alkanes of at least 4 members (excludes halogenated alkanes) is 2. The minimum atomic E-state index is -5.30. The molecule has 0 spiro atoms. The van der Waals surface area contributed by atoms with Gasteiger partial charge in [0.1, 0.15) is 22.9 Å². The van der Waals surface area contributed by atoms with Crippen molar-refractivity contribution in [2.45, 2.75) is 96.1 Å². The van der Waals surface area contributed by atoms with E-state index in [2.05, 4.69) is 6.92 Å². The maximum atomic E-state index is 15.0. The summed E-state index contributed by atoms with van der Waals surface area (Å²) in [7, 11) is 0. The van der Waals surface area contributed by atoms with Crippen LogP contribution < -0.4 is 4.74 Å². The van der Waals surface area contributed by atoms with E-state index in [4.69, 9.17) is 4.74 Å². The van der Waals surface area contributed by atoms with Crippen LogP contribution in [0, 0.1) is 52.9 Å². The van der Waals surface area contributed by atoms with Crippen LogP contribution in [-0.2, 0) is 6.18 Å². The predicted molar refractivity (Wildman–Crippen MR) is 131 cm³/mol. The molecular formula is C30H33F8O. The maximum Gasteiger partial charge on any atom is 0.422 e. The number of benzene rings is 2. The van der Waals surface area contributed by atoms with Gasteiger partial charge in [-0.2, -0.15) is 13.2 Å². The second kappa shape index (κ2) is 12.5. The largest absolute Gasteiger partial charge is 0.454 e. The van der Waals surface area contributed by atoms with Crippen molar-refractivity contribution in [3.05, 3.63) is 58.4 Å². The first-order valence-electron chi connectivity index (χ1n) is 13.8. The summed E-state index contributed by atoms with van der Waals surface area (Å²) in [5, 5.41) is 0. The molecule has 9 heteroatoms. The third kappa shape index (κ3) is 6.88. The lowest BCUT2D eigenvalue weighted by molar-refractivity contribution is -0.142. The summed E-state index contributed by atoms with van der Waals surface area (Å²) in [6.45, 7) is 2.19. The highest BCUT2D eigenvalue weighted by molar-refractivity contribution is 5.43. The first kappa shape index (κ1) is 29.7. The Morgan fingerprint density at radius 1 is 0.795 bits per heavy atom. The molecule has 0 saturated heterocycles.